The second-order valence-electron chi connectivity index (χ2n) is 4.18. The highest BCUT2D eigenvalue weighted by atomic mass is 16.6. The lowest BCUT2D eigenvalue weighted by Gasteiger charge is -1.99. The van der Waals surface area contributed by atoms with Gasteiger partial charge in [-0.2, -0.15) is 0 Å². The van der Waals surface area contributed by atoms with E-state index in [1.807, 2.05) is 30.3 Å². The zero-order valence-corrected chi connectivity index (χ0v) is 10.2. The van der Waals surface area contributed by atoms with Gasteiger partial charge in [0.05, 0.1) is 5.56 Å². The van der Waals surface area contributed by atoms with Crippen LogP contribution in [0.25, 0.3) is 0 Å². The molecule has 0 atom stereocenters. The highest BCUT2D eigenvalue weighted by Gasteiger charge is 2.34. The fraction of sp³-hybridized carbons (Fsp3) is 0. The summed E-state index contributed by atoms with van der Waals surface area (Å²) in [6.45, 7) is 0. The lowest BCUT2D eigenvalue weighted by atomic mass is 10.0. The Morgan fingerprint density at radius 3 is 2.30 bits per heavy atom. The summed E-state index contributed by atoms with van der Waals surface area (Å²) in [4.78, 5) is 23.1. The Morgan fingerprint density at radius 1 is 0.850 bits per heavy atom. The zero-order valence-electron chi connectivity index (χ0n) is 10.2. The van der Waals surface area contributed by atoms with E-state index in [2.05, 4.69) is 16.6 Å². The molecule has 1 aliphatic heterocycles. The van der Waals surface area contributed by atoms with Gasteiger partial charge in [0.25, 0.3) is 0 Å². The molecule has 4 nitrogen and oxygen atoms in total. The van der Waals surface area contributed by atoms with Gasteiger partial charge in [-0.3, -0.25) is 0 Å². The molecule has 4 heteroatoms. The predicted molar refractivity (Wildman–Crippen MR) is 70.3 cm³/mol. The largest absolute Gasteiger partial charge is 0.507 e. The van der Waals surface area contributed by atoms with Crippen molar-refractivity contribution in [3.8, 4) is 17.6 Å². The van der Waals surface area contributed by atoms with Crippen LogP contribution in [0.4, 0.5) is 0 Å². The van der Waals surface area contributed by atoms with E-state index >= 15 is 0 Å². The number of benzene rings is 2. The van der Waals surface area contributed by atoms with Crippen LogP contribution in [-0.2, 0) is 4.74 Å². The first kappa shape index (κ1) is 12.0. The van der Waals surface area contributed by atoms with Crippen molar-refractivity contribution >= 4 is 11.9 Å². The lowest BCUT2D eigenvalue weighted by Crippen LogP contribution is -1.98. The molecule has 0 radical (unpaired) electrons. The molecule has 0 bridgehead atoms. The van der Waals surface area contributed by atoms with Crippen LogP contribution in [0.2, 0.25) is 0 Å². The monoisotopic (exact) mass is 264 g/mol. The minimum absolute atomic E-state index is 0.0263. The number of rotatable bonds is 0. The maximum absolute atomic E-state index is 11.6. The lowest BCUT2D eigenvalue weighted by molar-refractivity contribution is 0.0443. The second kappa shape index (κ2) is 4.56. The molecule has 0 amide bonds. The van der Waals surface area contributed by atoms with E-state index in [0.717, 1.165) is 5.56 Å². The summed E-state index contributed by atoms with van der Waals surface area (Å²) in [5, 5.41) is 9.63. The van der Waals surface area contributed by atoms with E-state index in [1.54, 1.807) is 0 Å². The molecule has 1 N–H and O–H groups in total. The van der Waals surface area contributed by atoms with Crippen molar-refractivity contribution in [1.29, 1.82) is 0 Å². The van der Waals surface area contributed by atoms with Crippen molar-refractivity contribution in [2.45, 2.75) is 0 Å². The molecule has 0 spiro atoms. The van der Waals surface area contributed by atoms with Gasteiger partial charge >= 0.3 is 11.9 Å². The van der Waals surface area contributed by atoms with Crippen molar-refractivity contribution in [3.05, 3.63) is 64.7 Å². The average molecular weight is 264 g/mol. The minimum Gasteiger partial charge on any atom is -0.507 e. The van der Waals surface area contributed by atoms with Crippen LogP contribution in [0.3, 0.4) is 0 Å². The number of hydrogen-bond acceptors (Lipinski definition) is 4. The first-order valence-corrected chi connectivity index (χ1v) is 5.86. The van der Waals surface area contributed by atoms with E-state index in [-0.39, 0.29) is 16.9 Å². The molecular formula is C16H8O4. The Bertz CT molecular complexity index is 779. The molecule has 2 aromatic rings. The van der Waals surface area contributed by atoms with Gasteiger partial charge in [0.2, 0.25) is 0 Å². The van der Waals surface area contributed by atoms with Gasteiger partial charge in [-0.25, -0.2) is 9.59 Å². The van der Waals surface area contributed by atoms with Gasteiger partial charge in [0, 0.05) is 11.1 Å². The first-order valence-electron chi connectivity index (χ1n) is 5.86. The number of esters is 2. The highest BCUT2D eigenvalue weighted by molar-refractivity contribution is 6.17. The Labute approximate surface area is 114 Å². The molecule has 2 aromatic carbocycles. The van der Waals surface area contributed by atoms with Gasteiger partial charge in [-0.05, 0) is 24.3 Å². The van der Waals surface area contributed by atoms with E-state index in [0.29, 0.717) is 5.56 Å². The topological polar surface area (TPSA) is 63.6 Å². The van der Waals surface area contributed by atoms with Crippen LogP contribution in [0.1, 0.15) is 31.8 Å². The fourth-order valence-electron chi connectivity index (χ4n) is 1.96. The quantitative estimate of drug-likeness (QED) is 0.449. The first-order chi connectivity index (χ1) is 9.66. The number of aromatic hydroxyl groups is 1. The molecule has 0 unspecified atom stereocenters. The van der Waals surface area contributed by atoms with Crippen LogP contribution in [0, 0.1) is 11.8 Å². The number of phenolic OH excluding ortho intramolecular Hbond substituents is 1. The van der Waals surface area contributed by atoms with Gasteiger partial charge in [0.1, 0.15) is 11.3 Å². The van der Waals surface area contributed by atoms with E-state index in [9.17, 15) is 14.7 Å². The maximum Gasteiger partial charge on any atom is 0.350 e. The van der Waals surface area contributed by atoms with Crippen LogP contribution in [0.5, 0.6) is 5.75 Å². The summed E-state index contributed by atoms with van der Waals surface area (Å²) in [5.41, 5.74) is 1.05. The summed E-state index contributed by atoms with van der Waals surface area (Å²) in [6.07, 6.45) is 0. The summed E-state index contributed by atoms with van der Waals surface area (Å²) >= 11 is 0. The Kier molecular flexibility index (Phi) is 2.73. The molecular weight excluding hydrogens is 256 g/mol. The smallest absolute Gasteiger partial charge is 0.350 e. The van der Waals surface area contributed by atoms with Crippen molar-refractivity contribution in [2.75, 3.05) is 0 Å². The summed E-state index contributed by atoms with van der Waals surface area (Å²) < 4.78 is 4.50. The standard InChI is InChI=1S/C16H8O4/c17-12-9-8-11(7-6-10-4-2-1-3-5-10)13-14(12)16(19)20-15(13)18/h1-5,8-9,17H. The predicted octanol–water partition coefficient (Wildman–Crippen LogP) is 2.10. The SMILES string of the molecule is O=C1OC(=O)c2c(C#Cc3ccccc3)ccc(O)c21. The number of carbonyl (C=O) groups is 2. The van der Waals surface area contributed by atoms with Crippen molar-refractivity contribution < 1.29 is 19.4 Å². The zero-order chi connectivity index (χ0) is 14.1. The van der Waals surface area contributed by atoms with Crippen LogP contribution in [-0.4, -0.2) is 17.0 Å². The van der Waals surface area contributed by atoms with Crippen LogP contribution < -0.4 is 0 Å². The molecule has 1 aliphatic rings. The van der Waals surface area contributed by atoms with Gasteiger partial charge < -0.3 is 9.84 Å². The van der Waals surface area contributed by atoms with E-state index < -0.39 is 11.9 Å². The molecule has 3 rings (SSSR count). The molecule has 0 fully saturated rings. The molecule has 20 heavy (non-hydrogen) atoms. The maximum atomic E-state index is 11.6. The number of hydrogen-bond donors (Lipinski definition) is 1. The Balaban J connectivity index is 2.12. The van der Waals surface area contributed by atoms with E-state index in [1.165, 1.54) is 12.1 Å². The van der Waals surface area contributed by atoms with Crippen molar-refractivity contribution in [2.24, 2.45) is 0 Å². The Morgan fingerprint density at radius 2 is 1.55 bits per heavy atom. The second-order valence-corrected chi connectivity index (χ2v) is 4.18. The molecule has 96 valence electrons. The van der Waals surface area contributed by atoms with Gasteiger partial charge in [-0.15, -0.1) is 0 Å². The normalized spacial score (nSPS) is 12.4. The minimum atomic E-state index is -0.842. The van der Waals surface area contributed by atoms with Crippen molar-refractivity contribution in [1.82, 2.24) is 0 Å². The average Bonchev–Trinajstić information content (AvgIpc) is 2.76. The molecule has 0 aliphatic carbocycles. The van der Waals surface area contributed by atoms with E-state index in [4.69, 9.17) is 0 Å². The molecule has 1 heterocycles. The van der Waals surface area contributed by atoms with Gasteiger partial charge in [-0.1, -0.05) is 30.0 Å². The molecule has 0 saturated heterocycles. The van der Waals surface area contributed by atoms with Gasteiger partial charge in [0.15, 0.2) is 0 Å². The van der Waals surface area contributed by atoms with Crippen LogP contribution in [0.15, 0.2) is 42.5 Å². The molecule has 0 saturated carbocycles. The van der Waals surface area contributed by atoms with Crippen LogP contribution >= 0.6 is 0 Å². The summed E-state index contributed by atoms with van der Waals surface area (Å²) in [6, 6.07) is 12.1. The Hall–Kier alpha value is -3.06. The third-order valence-corrected chi connectivity index (χ3v) is 2.89. The summed E-state index contributed by atoms with van der Waals surface area (Å²) in [5.74, 6) is 3.82. The number of carbonyl (C=O) groups excluding carboxylic acids is 2. The number of ether oxygens (including phenoxy) is 1. The highest BCUT2D eigenvalue weighted by Crippen LogP contribution is 2.30. The fourth-order valence-corrected chi connectivity index (χ4v) is 1.96. The third kappa shape index (κ3) is 1.91. The van der Waals surface area contributed by atoms with Crippen molar-refractivity contribution in [3.63, 3.8) is 0 Å². The summed E-state index contributed by atoms with van der Waals surface area (Å²) in [7, 11) is 0. The number of fused-ring (bicyclic) bond motifs is 1. The molecule has 0 aromatic heterocycles. The number of phenols is 1. The third-order valence-electron chi connectivity index (χ3n) is 2.89. The number of cyclic esters (lactones) is 2.